The lowest BCUT2D eigenvalue weighted by atomic mass is 10.0. The molecular formula is C16H17N5O4S. The zero-order valence-electron chi connectivity index (χ0n) is 14.4. The average Bonchev–Trinajstić information content (AvgIpc) is 3.04. The third kappa shape index (κ3) is 3.23. The summed E-state index contributed by atoms with van der Waals surface area (Å²) in [5, 5.41) is 3.48. The van der Waals surface area contributed by atoms with Crippen LogP contribution < -0.4 is 4.72 Å². The number of aromatic nitrogens is 4. The molecule has 0 spiro atoms. The fraction of sp³-hybridized carbons (Fsp3) is 0.250. The van der Waals surface area contributed by atoms with Gasteiger partial charge in [0.1, 0.15) is 0 Å². The summed E-state index contributed by atoms with van der Waals surface area (Å²) in [5.74, 6) is -0.461. The molecule has 0 aliphatic heterocycles. The fourth-order valence-electron chi connectivity index (χ4n) is 2.33. The van der Waals surface area contributed by atoms with Crippen molar-refractivity contribution in [1.29, 1.82) is 0 Å². The molecule has 10 heteroatoms. The van der Waals surface area contributed by atoms with Crippen LogP contribution in [0, 0.1) is 13.8 Å². The predicted octanol–water partition coefficient (Wildman–Crippen LogP) is 1.72. The number of esters is 1. The van der Waals surface area contributed by atoms with Crippen LogP contribution in [0.2, 0.25) is 0 Å². The average molecular weight is 375 g/mol. The smallest absolute Gasteiger partial charge is 0.340 e. The lowest BCUT2D eigenvalue weighted by molar-refractivity contribution is 0.0527. The summed E-state index contributed by atoms with van der Waals surface area (Å²) >= 11 is 0. The highest BCUT2D eigenvalue weighted by Crippen LogP contribution is 2.27. The molecule has 1 N–H and O–H groups in total. The molecule has 0 saturated carbocycles. The molecule has 0 bridgehead atoms. The number of benzene rings is 1. The third-order valence-corrected chi connectivity index (χ3v) is 4.93. The first kappa shape index (κ1) is 17.8. The van der Waals surface area contributed by atoms with Gasteiger partial charge >= 0.3 is 5.97 Å². The number of sulfonamides is 1. The number of anilines is 1. The highest BCUT2D eigenvalue weighted by Gasteiger charge is 2.25. The van der Waals surface area contributed by atoms with Gasteiger partial charge in [-0.15, -0.1) is 5.10 Å². The molecule has 0 amide bonds. The number of hydrogen-bond donors (Lipinski definition) is 1. The Balaban J connectivity index is 2.06. The summed E-state index contributed by atoms with van der Waals surface area (Å²) < 4.78 is 34.2. The molecule has 0 aliphatic rings. The predicted molar refractivity (Wildman–Crippen MR) is 93.5 cm³/mol. The van der Waals surface area contributed by atoms with Gasteiger partial charge in [0.2, 0.25) is 0 Å². The molecular weight excluding hydrogens is 358 g/mol. The highest BCUT2D eigenvalue weighted by atomic mass is 32.2. The molecule has 0 fully saturated rings. The molecule has 0 aliphatic carbocycles. The number of carbonyl (C=O) groups is 1. The first-order valence-corrected chi connectivity index (χ1v) is 9.29. The standard InChI is InChI=1S/C16H17N5O4S/c1-4-25-14(22)12-7-6-10(2)11(3)13(12)20-26(23,24)16-18-15-17-8-5-9-21(15)19-16/h5-9,20H,4H2,1-3H3. The van der Waals surface area contributed by atoms with Gasteiger partial charge in [0.05, 0.1) is 17.9 Å². The van der Waals surface area contributed by atoms with E-state index in [1.54, 1.807) is 26.0 Å². The van der Waals surface area contributed by atoms with Gasteiger partial charge < -0.3 is 4.74 Å². The molecule has 0 unspecified atom stereocenters. The molecule has 3 aromatic rings. The van der Waals surface area contributed by atoms with Gasteiger partial charge in [-0.3, -0.25) is 4.72 Å². The van der Waals surface area contributed by atoms with Gasteiger partial charge in [0.25, 0.3) is 21.0 Å². The second kappa shape index (κ2) is 6.71. The summed E-state index contributed by atoms with van der Waals surface area (Å²) in [6, 6.07) is 4.86. The largest absolute Gasteiger partial charge is 0.462 e. The molecule has 2 aromatic heterocycles. The number of rotatable bonds is 5. The SMILES string of the molecule is CCOC(=O)c1ccc(C)c(C)c1NS(=O)(=O)c1nc2ncccn2n1. The second-order valence-electron chi connectivity index (χ2n) is 5.51. The Morgan fingerprint density at radius 1 is 1.31 bits per heavy atom. The maximum absolute atomic E-state index is 12.7. The van der Waals surface area contributed by atoms with Gasteiger partial charge in [-0.1, -0.05) is 6.07 Å². The van der Waals surface area contributed by atoms with Crippen molar-refractivity contribution < 1.29 is 17.9 Å². The Bertz CT molecular complexity index is 1060. The molecule has 0 saturated heterocycles. The van der Waals surface area contributed by atoms with Gasteiger partial charge in [0.15, 0.2) is 0 Å². The number of hydrogen-bond acceptors (Lipinski definition) is 7. The van der Waals surface area contributed by atoms with Crippen molar-refractivity contribution in [2.45, 2.75) is 25.9 Å². The van der Waals surface area contributed by atoms with Gasteiger partial charge in [-0.05, 0) is 44.0 Å². The van der Waals surface area contributed by atoms with E-state index in [1.807, 2.05) is 6.92 Å². The molecule has 2 heterocycles. The quantitative estimate of drug-likeness (QED) is 0.675. The first-order valence-electron chi connectivity index (χ1n) is 7.81. The fourth-order valence-corrected chi connectivity index (χ4v) is 3.35. The monoisotopic (exact) mass is 375 g/mol. The minimum atomic E-state index is -4.13. The summed E-state index contributed by atoms with van der Waals surface area (Å²) in [5.41, 5.74) is 1.71. The van der Waals surface area contributed by atoms with E-state index in [-0.39, 0.29) is 23.6 Å². The topological polar surface area (TPSA) is 116 Å². The highest BCUT2D eigenvalue weighted by molar-refractivity contribution is 7.92. The molecule has 0 atom stereocenters. The lowest BCUT2D eigenvalue weighted by Crippen LogP contribution is -2.19. The zero-order chi connectivity index (χ0) is 18.9. The third-order valence-electron chi connectivity index (χ3n) is 3.81. The van der Waals surface area contributed by atoms with Crippen molar-refractivity contribution in [3.05, 3.63) is 47.3 Å². The minimum Gasteiger partial charge on any atom is -0.462 e. The van der Waals surface area contributed by atoms with E-state index in [2.05, 4.69) is 19.8 Å². The van der Waals surface area contributed by atoms with Gasteiger partial charge in [0, 0.05) is 12.4 Å². The maximum atomic E-state index is 12.7. The zero-order valence-corrected chi connectivity index (χ0v) is 15.2. The van der Waals surface area contributed by atoms with Crippen LogP contribution in [0.1, 0.15) is 28.4 Å². The molecule has 1 aromatic carbocycles. The van der Waals surface area contributed by atoms with E-state index in [0.717, 1.165) is 5.56 Å². The lowest BCUT2D eigenvalue weighted by Gasteiger charge is -2.15. The van der Waals surface area contributed by atoms with Crippen LogP contribution in [0.3, 0.4) is 0 Å². The van der Waals surface area contributed by atoms with Gasteiger partial charge in [-0.2, -0.15) is 13.4 Å². The van der Waals surface area contributed by atoms with E-state index in [1.165, 1.54) is 23.0 Å². The van der Waals surface area contributed by atoms with Crippen LogP contribution in [0.4, 0.5) is 5.69 Å². The molecule has 26 heavy (non-hydrogen) atoms. The Kier molecular flexibility index (Phi) is 4.60. The van der Waals surface area contributed by atoms with Crippen LogP contribution in [0.25, 0.3) is 5.78 Å². The number of fused-ring (bicyclic) bond motifs is 1. The van der Waals surface area contributed by atoms with Crippen molar-refractivity contribution in [3.63, 3.8) is 0 Å². The minimum absolute atomic E-state index is 0.125. The molecule has 3 rings (SSSR count). The second-order valence-corrected chi connectivity index (χ2v) is 7.09. The number of carbonyl (C=O) groups excluding carboxylic acids is 1. The molecule has 136 valence electrons. The summed E-state index contributed by atoms with van der Waals surface area (Å²) in [4.78, 5) is 20.1. The van der Waals surface area contributed by atoms with Crippen molar-refractivity contribution >= 4 is 27.5 Å². The van der Waals surface area contributed by atoms with Crippen molar-refractivity contribution in [2.75, 3.05) is 11.3 Å². The maximum Gasteiger partial charge on any atom is 0.340 e. The normalized spacial score (nSPS) is 11.5. The Labute approximate surface area is 150 Å². The van der Waals surface area contributed by atoms with Crippen LogP contribution in [0.5, 0.6) is 0 Å². The summed E-state index contributed by atoms with van der Waals surface area (Å²) in [6.07, 6.45) is 3.02. The van der Waals surface area contributed by atoms with Crippen LogP contribution >= 0.6 is 0 Å². The summed E-state index contributed by atoms with van der Waals surface area (Å²) in [7, 11) is -4.13. The van der Waals surface area contributed by atoms with Crippen LogP contribution in [-0.2, 0) is 14.8 Å². The number of nitrogens with one attached hydrogen (secondary N) is 1. The number of nitrogens with zero attached hydrogens (tertiary/aromatic N) is 4. The molecule has 9 nitrogen and oxygen atoms in total. The Hall–Kier alpha value is -3.01. The van der Waals surface area contributed by atoms with Crippen molar-refractivity contribution in [3.8, 4) is 0 Å². The van der Waals surface area contributed by atoms with E-state index >= 15 is 0 Å². The van der Waals surface area contributed by atoms with E-state index in [0.29, 0.717) is 5.56 Å². The Morgan fingerprint density at radius 2 is 2.08 bits per heavy atom. The van der Waals surface area contributed by atoms with Crippen molar-refractivity contribution in [2.24, 2.45) is 0 Å². The molecule has 0 radical (unpaired) electrons. The van der Waals surface area contributed by atoms with E-state index in [9.17, 15) is 13.2 Å². The first-order chi connectivity index (χ1) is 12.3. The van der Waals surface area contributed by atoms with Crippen LogP contribution in [-0.4, -0.2) is 40.6 Å². The number of aryl methyl sites for hydroxylation is 1. The summed E-state index contributed by atoms with van der Waals surface area (Å²) in [6.45, 7) is 5.39. The van der Waals surface area contributed by atoms with Crippen molar-refractivity contribution in [1.82, 2.24) is 19.6 Å². The Morgan fingerprint density at radius 3 is 2.77 bits per heavy atom. The number of ether oxygens (including phenoxy) is 1. The van der Waals surface area contributed by atoms with E-state index < -0.39 is 21.1 Å². The van der Waals surface area contributed by atoms with Crippen LogP contribution in [0.15, 0.2) is 35.7 Å². The van der Waals surface area contributed by atoms with E-state index in [4.69, 9.17) is 4.74 Å². The van der Waals surface area contributed by atoms with Gasteiger partial charge in [-0.25, -0.2) is 14.3 Å².